The van der Waals surface area contributed by atoms with E-state index < -0.39 is 17.9 Å². The standard InChI is InChI=1S/C14H14N2O4/c1-20-14(19)11-6-10(13(17)18)8-2-4-15-7-16-5-3-9(11)12(8)16/h3-5,11H,2,6-7H2,1H3,(H,17,18). The zero-order valence-electron chi connectivity index (χ0n) is 11.0. The van der Waals surface area contributed by atoms with Crippen molar-refractivity contribution in [3.63, 3.8) is 0 Å². The molecule has 0 amide bonds. The first kappa shape index (κ1) is 12.7. The van der Waals surface area contributed by atoms with E-state index in [1.54, 1.807) is 6.21 Å². The topological polar surface area (TPSA) is 80.9 Å². The molecule has 0 saturated carbocycles. The fourth-order valence-corrected chi connectivity index (χ4v) is 2.91. The molecule has 20 heavy (non-hydrogen) atoms. The molecule has 0 bridgehead atoms. The number of nitrogens with zero attached hydrogens (tertiary/aromatic N) is 2. The SMILES string of the molecule is COC(=O)C1CC(C(=O)O)=C2CC=NCn3ccc1c32. The smallest absolute Gasteiger partial charge is 0.331 e. The summed E-state index contributed by atoms with van der Waals surface area (Å²) in [6.07, 6.45) is 4.22. The summed E-state index contributed by atoms with van der Waals surface area (Å²) in [6, 6.07) is 1.86. The average molecular weight is 274 g/mol. The van der Waals surface area contributed by atoms with Crippen molar-refractivity contribution in [1.29, 1.82) is 0 Å². The lowest BCUT2D eigenvalue weighted by atomic mass is 9.81. The van der Waals surface area contributed by atoms with E-state index in [4.69, 9.17) is 4.74 Å². The molecule has 2 aliphatic rings. The molecule has 104 valence electrons. The Hall–Kier alpha value is -2.37. The van der Waals surface area contributed by atoms with Gasteiger partial charge in [0, 0.05) is 24.4 Å². The number of esters is 1. The predicted molar refractivity (Wildman–Crippen MR) is 71.5 cm³/mol. The molecule has 1 N–H and O–H groups in total. The molecule has 1 unspecified atom stereocenters. The van der Waals surface area contributed by atoms with Crippen LogP contribution in [0.4, 0.5) is 0 Å². The molecular weight excluding hydrogens is 260 g/mol. The van der Waals surface area contributed by atoms with Crippen molar-refractivity contribution in [2.45, 2.75) is 25.4 Å². The summed E-state index contributed by atoms with van der Waals surface area (Å²) in [5, 5.41) is 9.42. The van der Waals surface area contributed by atoms with Crippen molar-refractivity contribution in [2.24, 2.45) is 4.99 Å². The van der Waals surface area contributed by atoms with Gasteiger partial charge >= 0.3 is 11.9 Å². The van der Waals surface area contributed by atoms with Gasteiger partial charge in [0.2, 0.25) is 0 Å². The summed E-state index contributed by atoms with van der Waals surface area (Å²) in [5.74, 6) is -1.94. The zero-order chi connectivity index (χ0) is 14.3. The van der Waals surface area contributed by atoms with E-state index in [9.17, 15) is 14.7 Å². The number of methoxy groups -OCH3 is 1. The minimum Gasteiger partial charge on any atom is -0.478 e. The third kappa shape index (κ3) is 1.76. The van der Waals surface area contributed by atoms with Crippen LogP contribution in [0.5, 0.6) is 0 Å². The van der Waals surface area contributed by atoms with Crippen LogP contribution in [0.25, 0.3) is 5.57 Å². The quantitative estimate of drug-likeness (QED) is 0.827. The summed E-state index contributed by atoms with van der Waals surface area (Å²) in [4.78, 5) is 27.7. The maximum absolute atomic E-state index is 11.9. The van der Waals surface area contributed by atoms with E-state index in [1.165, 1.54) is 7.11 Å². The highest BCUT2D eigenvalue weighted by Gasteiger charge is 2.36. The van der Waals surface area contributed by atoms with Gasteiger partial charge in [-0.25, -0.2) is 4.79 Å². The highest BCUT2D eigenvalue weighted by molar-refractivity contribution is 6.02. The first-order valence-corrected chi connectivity index (χ1v) is 6.34. The van der Waals surface area contributed by atoms with Crippen LogP contribution in [0.2, 0.25) is 0 Å². The molecule has 6 heteroatoms. The third-order valence-electron chi connectivity index (χ3n) is 3.83. The molecule has 0 saturated heterocycles. The minimum absolute atomic E-state index is 0.169. The molecule has 6 nitrogen and oxygen atoms in total. The number of rotatable bonds is 2. The zero-order valence-corrected chi connectivity index (χ0v) is 11.0. The van der Waals surface area contributed by atoms with E-state index in [-0.39, 0.29) is 12.0 Å². The molecule has 2 heterocycles. The van der Waals surface area contributed by atoms with E-state index in [0.717, 1.165) is 16.8 Å². The van der Waals surface area contributed by atoms with Crippen LogP contribution < -0.4 is 0 Å². The maximum Gasteiger partial charge on any atom is 0.331 e. The number of aromatic nitrogens is 1. The molecule has 1 aliphatic carbocycles. The van der Waals surface area contributed by atoms with Crippen molar-refractivity contribution < 1.29 is 19.4 Å². The van der Waals surface area contributed by atoms with Crippen molar-refractivity contribution in [3.05, 3.63) is 29.1 Å². The normalized spacial score (nSPS) is 20.4. The minimum atomic E-state index is -0.984. The molecule has 0 spiro atoms. The molecule has 3 rings (SSSR count). The molecule has 0 fully saturated rings. The van der Waals surface area contributed by atoms with Crippen LogP contribution in [0, 0.1) is 0 Å². The number of carboxylic acids is 1. The van der Waals surface area contributed by atoms with Gasteiger partial charge < -0.3 is 14.4 Å². The first-order valence-electron chi connectivity index (χ1n) is 6.34. The van der Waals surface area contributed by atoms with Gasteiger partial charge in [-0.3, -0.25) is 9.79 Å². The fraction of sp³-hybridized carbons (Fsp3) is 0.357. The summed E-state index contributed by atoms with van der Waals surface area (Å²) in [7, 11) is 1.32. The number of allylic oxidation sites excluding steroid dienone is 1. The Morgan fingerprint density at radius 1 is 1.50 bits per heavy atom. The van der Waals surface area contributed by atoms with Crippen LogP contribution in [0.1, 0.15) is 30.0 Å². The third-order valence-corrected chi connectivity index (χ3v) is 3.83. The Morgan fingerprint density at radius 2 is 2.30 bits per heavy atom. The van der Waals surface area contributed by atoms with Gasteiger partial charge in [0.15, 0.2) is 0 Å². The second-order valence-electron chi connectivity index (χ2n) is 4.84. The van der Waals surface area contributed by atoms with Crippen LogP contribution in [-0.2, 0) is 21.0 Å². The molecule has 1 aliphatic heterocycles. The number of carbonyl (C=O) groups is 2. The number of carboxylic acid groups (broad SMARTS) is 1. The summed E-state index contributed by atoms with van der Waals surface area (Å²) in [5.41, 5.74) is 2.67. The van der Waals surface area contributed by atoms with Gasteiger partial charge in [-0.15, -0.1) is 0 Å². The van der Waals surface area contributed by atoms with Crippen molar-refractivity contribution in [1.82, 2.24) is 4.57 Å². The van der Waals surface area contributed by atoms with Gasteiger partial charge in [0.1, 0.15) is 6.67 Å². The number of aliphatic carboxylic acids is 1. The number of carbonyl (C=O) groups excluding carboxylic acids is 1. The number of hydrogen-bond donors (Lipinski definition) is 1. The van der Waals surface area contributed by atoms with Crippen LogP contribution >= 0.6 is 0 Å². The van der Waals surface area contributed by atoms with Crippen LogP contribution in [-0.4, -0.2) is 34.9 Å². The Bertz CT molecular complexity index is 654. The van der Waals surface area contributed by atoms with Gasteiger partial charge in [0.05, 0.1) is 18.7 Å². The van der Waals surface area contributed by atoms with Crippen LogP contribution in [0.3, 0.4) is 0 Å². The lowest BCUT2D eigenvalue weighted by Crippen LogP contribution is -2.23. The monoisotopic (exact) mass is 274 g/mol. The number of hydrogen-bond acceptors (Lipinski definition) is 4. The van der Waals surface area contributed by atoms with E-state index in [0.29, 0.717) is 13.1 Å². The first-order chi connectivity index (χ1) is 9.63. The van der Waals surface area contributed by atoms with Gasteiger partial charge in [-0.05, 0) is 23.6 Å². The highest BCUT2D eigenvalue weighted by atomic mass is 16.5. The summed E-state index contributed by atoms with van der Waals surface area (Å²) in [6.45, 7) is 0.444. The number of aliphatic imine (C=N–C) groups is 1. The molecule has 1 aromatic heterocycles. The van der Waals surface area contributed by atoms with E-state index in [1.807, 2.05) is 16.8 Å². The van der Waals surface area contributed by atoms with E-state index >= 15 is 0 Å². The molecule has 0 radical (unpaired) electrons. The van der Waals surface area contributed by atoms with Gasteiger partial charge in [0.25, 0.3) is 0 Å². The predicted octanol–water partition coefficient (Wildman–Crippen LogP) is 1.42. The molecule has 1 atom stereocenters. The number of ether oxygens (including phenoxy) is 1. The Morgan fingerprint density at radius 3 is 3.00 bits per heavy atom. The van der Waals surface area contributed by atoms with Crippen LogP contribution in [0.15, 0.2) is 22.8 Å². The summed E-state index contributed by atoms with van der Waals surface area (Å²) >= 11 is 0. The molecular formula is C14H14N2O4. The Labute approximate surface area is 115 Å². The molecule has 0 aromatic carbocycles. The van der Waals surface area contributed by atoms with E-state index in [2.05, 4.69) is 4.99 Å². The Balaban J connectivity index is 2.22. The lowest BCUT2D eigenvalue weighted by Gasteiger charge is -2.24. The Kier molecular flexibility index (Phi) is 2.93. The molecule has 1 aromatic rings. The largest absolute Gasteiger partial charge is 0.478 e. The lowest BCUT2D eigenvalue weighted by molar-refractivity contribution is -0.142. The second kappa shape index (κ2) is 4.63. The van der Waals surface area contributed by atoms with Crippen molar-refractivity contribution in [3.8, 4) is 0 Å². The van der Waals surface area contributed by atoms with Crippen molar-refractivity contribution in [2.75, 3.05) is 7.11 Å². The second-order valence-corrected chi connectivity index (χ2v) is 4.84. The fourth-order valence-electron chi connectivity index (χ4n) is 2.91. The maximum atomic E-state index is 11.9. The van der Waals surface area contributed by atoms with Gasteiger partial charge in [-0.1, -0.05) is 0 Å². The van der Waals surface area contributed by atoms with Gasteiger partial charge in [-0.2, -0.15) is 0 Å². The summed E-state index contributed by atoms with van der Waals surface area (Å²) < 4.78 is 6.69. The highest BCUT2D eigenvalue weighted by Crippen LogP contribution is 2.41. The average Bonchev–Trinajstić information content (AvgIpc) is 2.74. The van der Waals surface area contributed by atoms with Crippen molar-refractivity contribution >= 4 is 23.7 Å².